The van der Waals surface area contributed by atoms with Gasteiger partial charge in [-0.25, -0.2) is 4.79 Å². The fraction of sp³-hybridized carbons (Fsp3) is 0.231. The van der Waals surface area contributed by atoms with Gasteiger partial charge in [-0.2, -0.15) is 0 Å². The molecule has 2 N–H and O–H groups in total. The molecule has 1 aromatic rings. The van der Waals surface area contributed by atoms with E-state index in [9.17, 15) is 19.7 Å². The van der Waals surface area contributed by atoms with Crippen molar-refractivity contribution in [3.05, 3.63) is 52.1 Å². The van der Waals surface area contributed by atoms with E-state index in [0.717, 1.165) is 6.07 Å². The fourth-order valence-corrected chi connectivity index (χ4v) is 1.63. The average molecular weight is 278 g/mol. The Morgan fingerprint density at radius 3 is 2.65 bits per heavy atom. The van der Waals surface area contributed by atoms with Crippen LogP contribution in [0.25, 0.3) is 0 Å². The number of aryl methyl sites for hydroxylation is 1. The fourth-order valence-electron chi connectivity index (χ4n) is 1.63. The molecule has 0 aromatic heterocycles. The van der Waals surface area contributed by atoms with Crippen LogP contribution in [-0.4, -0.2) is 27.9 Å². The van der Waals surface area contributed by atoms with Gasteiger partial charge in [0.25, 0.3) is 11.6 Å². The molecule has 1 amide bonds. The van der Waals surface area contributed by atoms with E-state index >= 15 is 0 Å². The molecular weight excluding hydrogens is 264 g/mol. The van der Waals surface area contributed by atoms with Gasteiger partial charge >= 0.3 is 5.97 Å². The number of amides is 1. The zero-order valence-corrected chi connectivity index (χ0v) is 10.8. The summed E-state index contributed by atoms with van der Waals surface area (Å²) >= 11 is 0. The van der Waals surface area contributed by atoms with Crippen molar-refractivity contribution >= 4 is 17.6 Å². The van der Waals surface area contributed by atoms with Crippen LogP contribution in [0, 0.1) is 17.0 Å². The van der Waals surface area contributed by atoms with Gasteiger partial charge in [-0.1, -0.05) is 6.08 Å². The molecule has 0 spiro atoms. The number of carbonyl (C=O) groups is 2. The first-order chi connectivity index (χ1) is 9.35. The minimum atomic E-state index is -1.19. The van der Waals surface area contributed by atoms with Crippen molar-refractivity contribution in [2.45, 2.75) is 19.4 Å². The number of carboxylic acids is 1. The van der Waals surface area contributed by atoms with Crippen LogP contribution >= 0.6 is 0 Å². The van der Waals surface area contributed by atoms with E-state index < -0.39 is 22.8 Å². The Morgan fingerprint density at radius 2 is 2.15 bits per heavy atom. The molecule has 0 aliphatic heterocycles. The van der Waals surface area contributed by atoms with Gasteiger partial charge in [0.15, 0.2) is 0 Å². The van der Waals surface area contributed by atoms with E-state index in [1.807, 2.05) is 0 Å². The molecular formula is C13H14N2O5. The van der Waals surface area contributed by atoms with Crippen LogP contribution in [0.2, 0.25) is 0 Å². The molecule has 106 valence electrons. The van der Waals surface area contributed by atoms with Gasteiger partial charge in [-0.3, -0.25) is 14.9 Å². The average Bonchev–Trinajstić information content (AvgIpc) is 2.37. The summed E-state index contributed by atoms with van der Waals surface area (Å²) in [6.45, 7) is 5.02. The summed E-state index contributed by atoms with van der Waals surface area (Å²) in [6, 6.07) is 2.78. The maximum Gasteiger partial charge on any atom is 0.326 e. The van der Waals surface area contributed by atoms with Crippen molar-refractivity contribution in [2.75, 3.05) is 0 Å². The molecule has 1 rings (SSSR count). The van der Waals surface area contributed by atoms with Crippen LogP contribution in [0.3, 0.4) is 0 Å². The van der Waals surface area contributed by atoms with Crippen molar-refractivity contribution in [1.82, 2.24) is 5.32 Å². The van der Waals surface area contributed by atoms with Gasteiger partial charge in [0.05, 0.1) is 4.92 Å². The number of non-ortho nitro benzene ring substituents is 1. The third-order valence-electron chi connectivity index (χ3n) is 2.54. The number of carboxylic acid groups (broad SMARTS) is 1. The summed E-state index contributed by atoms with van der Waals surface area (Å²) in [5, 5.41) is 21.9. The molecule has 7 heteroatoms. The van der Waals surface area contributed by atoms with Gasteiger partial charge in [0.1, 0.15) is 6.04 Å². The van der Waals surface area contributed by atoms with Gasteiger partial charge in [0.2, 0.25) is 0 Å². The van der Waals surface area contributed by atoms with E-state index in [1.54, 1.807) is 6.92 Å². The zero-order chi connectivity index (χ0) is 15.3. The molecule has 0 heterocycles. The zero-order valence-electron chi connectivity index (χ0n) is 10.8. The van der Waals surface area contributed by atoms with E-state index in [0.29, 0.717) is 5.56 Å². The Bertz CT molecular complexity index is 568. The number of rotatable bonds is 6. The lowest BCUT2D eigenvalue weighted by atomic mass is 10.1. The van der Waals surface area contributed by atoms with E-state index in [2.05, 4.69) is 11.9 Å². The van der Waals surface area contributed by atoms with E-state index in [4.69, 9.17) is 5.11 Å². The van der Waals surface area contributed by atoms with Crippen LogP contribution in [0.1, 0.15) is 22.3 Å². The molecule has 1 atom stereocenters. The smallest absolute Gasteiger partial charge is 0.326 e. The topological polar surface area (TPSA) is 110 Å². The summed E-state index contributed by atoms with van der Waals surface area (Å²) in [7, 11) is 0. The molecule has 1 unspecified atom stereocenters. The molecule has 0 fully saturated rings. The Kier molecular flexibility index (Phi) is 4.96. The number of benzene rings is 1. The molecule has 0 bridgehead atoms. The van der Waals surface area contributed by atoms with Gasteiger partial charge in [-0.15, -0.1) is 6.58 Å². The third-order valence-corrected chi connectivity index (χ3v) is 2.54. The van der Waals surface area contributed by atoms with Crippen LogP contribution in [0.15, 0.2) is 30.9 Å². The number of aliphatic carboxylic acids is 1. The number of hydrogen-bond acceptors (Lipinski definition) is 4. The number of nitrogens with one attached hydrogen (secondary N) is 1. The second kappa shape index (κ2) is 6.46. The summed E-state index contributed by atoms with van der Waals surface area (Å²) in [4.78, 5) is 33.0. The summed E-state index contributed by atoms with van der Waals surface area (Å²) in [6.07, 6.45) is 1.44. The quantitative estimate of drug-likeness (QED) is 0.467. The summed E-state index contributed by atoms with van der Waals surface area (Å²) in [5.74, 6) is -1.87. The lowest BCUT2D eigenvalue weighted by Gasteiger charge is -2.12. The molecule has 7 nitrogen and oxygen atoms in total. The van der Waals surface area contributed by atoms with Crippen molar-refractivity contribution in [2.24, 2.45) is 0 Å². The second-order valence-corrected chi connectivity index (χ2v) is 4.20. The van der Waals surface area contributed by atoms with Crippen LogP contribution in [0.5, 0.6) is 0 Å². The van der Waals surface area contributed by atoms with Crippen molar-refractivity contribution in [1.29, 1.82) is 0 Å². The minimum Gasteiger partial charge on any atom is -0.480 e. The highest BCUT2D eigenvalue weighted by molar-refractivity contribution is 5.97. The summed E-state index contributed by atoms with van der Waals surface area (Å²) in [5.41, 5.74) is 0.373. The van der Waals surface area contributed by atoms with Crippen molar-refractivity contribution in [3.8, 4) is 0 Å². The number of nitro groups is 1. The third kappa shape index (κ3) is 3.91. The highest BCUT2D eigenvalue weighted by atomic mass is 16.6. The second-order valence-electron chi connectivity index (χ2n) is 4.20. The molecule has 0 saturated heterocycles. The van der Waals surface area contributed by atoms with E-state index in [1.165, 1.54) is 18.2 Å². The lowest BCUT2D eigenvalue weighted by Crippen LogP contribution is -2.40. The van der Waals surface area contributed by atoms with Crippen LogP contribution in [-0.2, 0) is 4.79 Å². The highest BCUT2D eigenvalue weighted by Gasteiger charge is 2.20. The van der Waals surface area contributed by atoms with Crippen LogP contribution < -0.4 is 5.32 Å². The molecule has 0 aliphatic carbocycles. The van der Waals surface area contributed by atoms with Gasteiger partial charge in [-0.05, 0) is 25.0 Å². The Labute approximate surface area is 115 Å². The van der Waals surface area contributed by atoms with Gasteiger partial charge in [0, 0.05) is 17.7 Å². The first kappa shape index (κ1) is 15.4. The Morgan fingerprint density at radius 1 is 1.50 bits per heavy atom. The standard InChI is InChI=1S/C13H14N2O5/c1-3-4-11(13(17)18)14-12(16)9-5-8(2)6-10(7-9)15(19)20/h3,5-7,11H,1,4H2,2H3,(H,14,16)(H,17,18). The van der Waals surface area contributed by atoms with Gasteiger partial charge < -0.3 is 10.4 Å². The molecule has 0 saturated carbocycles. The Balaban J connectivity index is 2.99. The lowest BCUT2D eigenvalue weighted by molar-refractivity contribution is -0.384. The first-order valence-corrected chi connectivity index (χ1v) is 5.75. The normalized spacial score (nSPS) is 11.4. The summed E-state index contributed by atoms with van der Waals surface area (Å²) < 4.78 is 0. The SMILES string of the molecule is C=CCC(NC(=O)c1cc(C)cc([N+](=O)[O-])c1)C(=O)O. The first-order valence-electron chi connectivity index (χ1n) is 5.75. The van der Waals surface area contributed by atoms with Crippen LogP contribution in [0.4, 0.5) is 5.69 Å². The van der Waals surface area contributed by atoms with Crippen molar-refractivity contribution < 1.29 is 19.6 Å². The minimum absolute atomic E-state index is 0.0482. The molecule has 1 aromatic carbocycles. The van der Waals surface area contributed by atoms with Crippen molar-refractivity contribution in [3.63, 3.8) is 0 Å². The maximum atomic E-state index is 11.9. The number of hydrogen-bond donors (Lipinski definition) is 2. The highest BCUT2D eigenvalue weighted by Crippen LogP contribution is 2.16. The Hall–Kier alpha value is -2.70. The predicted molar refractivity (Wildman–Crippen MR) is 71.5 cm³/mol. The molecule has 20 heavy (non-hydrogen) atoms. The maximum absolute atomic E-state index is 11.9. The number of nitro benzene ring substituents is 1. The predicted octanol–water partition coefficient (Wildman–Crippen LogP) is 1.66. The number of carbonyl (C=O) groups excluding carboxylic acids is 1. The monoisotopic (exact) mass is 278 g/mol. The molecule has 0 aliphatic rings. The molecule has 0 radical (unpaired) electrons. The number of nitrogens with zero attached hydrogens (tertiary/aromatic N) is 1. The largest absolute Gasteiger partial charge is 0.480 e. The van der Waals surface area contributed by atoms with E-state index in [-0.39, 0.29) is 17.7 Å².